The zero-order chi connectivity index (χ0) is 13.9. The van der Waals surface area contributed by atoms with Crippen LogP contribution >= 0.6 is 11.8 Å². The molecule has 0 radical (unpaired) electrons. The monoisotopic (exact) mass is 283 g/mol. The minimum atomic E-state index is 0.112. The third-order valence-corrected chi connectivity index (χ3v) is 4.01. The molecular formula is C16H17N3S. The molecule has 0 amide bonds. The molecule has 1 heterocycles. The molecule has 2 aromatic rings. The van der Waals surface area contributed by atoms with E-state index in [-0.39, 0.29) is 6.17 Å². The van der Waals surface area contributed by atoms with Crippen LogP contribution in [0.15, 0.2) is 65.8 Å². The molecule has 0 fully saturated rings. The molecule has 0 saturated carbocycles. The lowest BCUT2D eigenvalue weighted by Gasteiger charge is -2.30. The third-order valence-electron chi connectivity index (χ3n) is 3.36. The molecule has 1 atom stereocenters. The molecule has 20 heavy (non-hydrogen) atoms. The van der Waals surface area contributed by atoms with E-state index in [1.54, 1.807) is 11.8 Å². The predicted molar refractivity (Wildman–Crippen MR) is 86.8 cm³/mol. The highest BCUT2D eigenvalue weighted by Gasteiger charge is 2.33. The van der Waals surface area contributed by atoms with E-state index in [0.717, 1.165) is 5.17 Å². The maximum absolute atomic E-state index is 4.66. The first-order chi connectivity index (χ1) is 9.81. The molecular weight excluding hydrogens is 266 g/mol. The van der Waals surface area contributed by atoms with Crippen LogP contribution in [0.4, 0.5) is 5.69 Å². The zero-order valence-electron chi connectivity index (χ0n) is 11.6. The Morgan fingerprint density at radius 2 is 1.55 bits per heavy atom. The maximum Gasteiger partial charge on any atom is 0.189 e. The van der Waals surface area contributed by atoms with Gasteiger partial charge in [0.1, 0.15) is 6.17 Å². The van der Waals surface area contributed by atoms with E-state index in [9.17, 15) is 0 Å². The maximum atomic E-state index is 4.66. The Morgan fingerprint density at radius 3 is 2.15 bits per heavy atom. The Morgan fingerprint density at radius 1 is 0.950 bits per heavy atom. The summed E-state index contributed by atoms with van der Waals surface area (Å²) in [5, 5.41) is 7.70. The highest BCUT2D eigenvalue weighted by atomic mass is 32.2. The van der Waals surface area contributed by atoms with Gasteiger partial charge >= 0.3 is 0 Å². The van der Waals surface area contributed by atoms with Crippen molar-refractivity contribution in [2.45, 2.75) is 6.17 Å². The van der Waals surface area contributed by atoms with E-state index in [2.05, 4.69) is 64.8 Å². The summed E-state index contributed by atoms with van der Waals surface area (Å²) in [4.78, 5) is 2.28. The number of rotatable bonds is 2. The van der Waals surface area contributed by atoms with Gasteiger partial charge in [-0.1, -0.05) is 60.3 Å². The minimum absolute atomic E-state index is 0.112. The number of amidine groups is 1. The molecule has 0 bridgehead atoms. The molecule has 0 aromatic heterocycles. The van der Waals surface area contributed by atoms with Gasteiger partial charge in [0.25, 0.3) is 0 Å². The lowest BCUT2D eigenvalue weighted by Crippen LogP contribution is -2.32. The van der Waals surface area contributed by atoms with E-state index in [0.29, 0.717) is 0 Å². The second kappa shape index (κ2) is 5.59. The lowest BCUT2D eigenvalue weighted by molar-refractivity contribution is 0.290. The van der Waals surface area contributed by atoms with E-state index in [4.69, 9.17) is 0 Å². The first kappa shape index (κ1) is 13.1. The summed E-state index contributed by atoms with van der Waals surface area (Å²) in [6, 6.07) is 20.9. The molecule has 102 valence electrons. The van der Waals surface area contributed by atoms with Crippen molar-refractivity contribution in [1.82, 2.24) is 5.01 Å². The van der Waals surface area contributed by atoms with Gasteiger partial charge in [0.05, 0.1) is 0 Å². The Bertz CT molecular complexity index is 598. The van der Waals surface area contributed by atoms with Gasteiger partial charge in [0.2, 0.25) is 0 Å². The highest BCUT2D eigenvalue weighted by Crippen LogP contribution is 2.36. The lowest BCUT2D eigenvalue weighted by atomic mass is 10.1. The van der Waals surface area contributed by atoms with Gasteiger partial charge in [-0.3, -0.25) is 9.91 Å². The molecule has 0 aliphatic carbocycles. The van der Waals surface area contributed by atoms with Crippen LogP contribution in [0, 0.1) is 0 Å². The largest absolute Gasteiger partial charge is 0.293 e. The number of anilines is 1. The summed E-state index contributed by atoms with van der Waals surface area (Å²) in [6.07, 6.45) is 2.18. The fourth-order valence-corrected chi connectivity index (χ4v) is 3.09. The summed E-state index contributed by atoms with van der Waals surface area (Å²) in [7, 11) is 2.02. The summed E-state index contributed by atoms with van der Waals surface area (Å²) in [6.45, 7) is 0. The van der Waals surface area contributed by atoms with Gasteiger partial charge in [0.15, 0.2) is 5.17 Å². The predicted octanol–water partition coefficient (Wildman–Crippen LogP) is 3.77. The van der Waals surface area contributed by atoms with Gasteiger partial charge in [-0.15, -0.1) is 5.10 Å². The van der Waals surface area contributed by atoms with Gasteiger partial charge in [-0.05, 0) is 24.0 Å². The normalized spacial score (nSPS) is 18.3. The van der Waals surface area contributed by atoms with Gasteiger partial charge in [0, 0.05) is 12.7 Å². The van der Waals surface area contributed by atoms with E-state index in [1.807, 2.05) is 24.2 Å². The van der Waals surface area contributed by atoms with Crippen molar-refractivity contribution in [3.63, 3.8) is 0 Å². The van der Waals surface area contributed by atoms with Crippen LogP contribution in [-0.2, 0) is 0 Å². The summed E-state index contributed by atoms with van der Waals surface area (Å²) < 4.78 is 0. The van der Waals surface area contributed by atoms with E-state index < -0.39 is 0 Å². The molecule has 3 rings (SSSR count). The topological polar surface area (TPSA) is 18.8 Å². The Balaban J connectivity index is 2.04. The number of nitrogens with zero attached hydrogens (tertiary/aromatic N) is 3. The van der Waals surface area contributed by atoms with Crippen molar-refractivity contribution in [1.29, 1.82) is 0 Å². The van der Waals surface area contributed by atoms with Crippen molar-refractivity contribution in [3.05, 3.63) is 66.2 Å². The molecule has 1 aliphatic rings. The highest BCUT2D eigenvalue weighted by molar-refractivity contribution is 8.13. The molecule has 2 aromatic carbocycles. The summed E-state index contributed by atoms with van der Waals surface area (Å²) >= 11 is 1.67. The van der Waals surface area contributed by atoms with Crippen LogP contribution in [0.5, 0.6) is 0 Å². The fraction of sp³-hybridized carbons (Fsp3) is 0.188. The second-order valence-electron chi connectivity index (χ2n) is 4.65. The third kappa shape index (κ3) is 2.27. The number of hydrogen-bond acceptors (Lipinski definition) is 4. The van der Waals surface area contributed by atoms with Crippen LogP contribution in [0.2, 0.25) is 0 Å². The zero-order valence-corrected chi connectivity index (χ0v) is 12.4. The second-order valence-corrected chi connectivity index (χ2v) is 5.42. The smallest absolute Gasteiger partial charge is 0.189 e. The van der Waals surface area contributed by atoms with Crippen molar-refractivity contribution in [2.75, 3.05) is 18.2 Å². The fourth-order valence-electron chi connectivity index (χ4n) is 2.48. The first-order valence-electron chi connectivity index (χ1n) is 6.56. The van der Waals surface area contributed by atoms with Crippen LogP contribution in [-0.4, -0.2) is 23.5 Å². The minimum Gasteiger partial charge on any atom is -0.293 e. The number of benzene rings is 2. The van der Waals surface area contributed by atoms with Crippen LogP contribution in [0.1, 0.15) is 11.7 Å². The van der Waals surface area contributed by atoms with Crippen molar-refractivity contribution < 1.29 is 0 Å². The van der Waals surface area contributed by atoms with Crippen molar-refractivity contribution >= 4 is 22.6 Å². The molecule has 0 saturated heterocycles. The van der Waals surface area contributed by atoms with Gasteiger partial charge in [-0.2, -0.15) is 0 Å². The Kier molecular flexibility index (Phi) is 3.65. The standard InChI is InChI=1S/C16H17N3S/c1-18-15(13-9-5-3-6-10-13)19(16(17-18)20-2)14-11-7-4-8-12-14/h3-12,15H,1-2H3. The van der Waals surface area contributed by atoms with Crippen molar-refractivity contribution in [2.24, 2.45) is 5.10 Å². The number of hydrazone groups is 1. The average Bonchev–Trinajstić information content (AvgIpc) is 2.85. The van der Waals surface area contributed by atoms with Crippen LogP contribution in [0.3, 0.4) is 0 Å². The van der Waals surface area contributed by atoms with Gasteiger partial charge in [-0.25, -0.2) is 0 Å². The molecule has 1 unspecified atom stereocenters. The number of hydrogen-bond donors (Lipinski definition) is 0. The Hall–Kier alpha value is -1.94. The number of para-hydroxylation sites is 1. The first-order valence-corrected chi connectivity index (χ1v) is 7.78. The van der Waals surface area contributed by atoms with E-state index in [1.165, 1.54) is 11.3 Å². The number of thioether (sulfide) groups is 1. The van der Waals surface area contributed by atoms with E-state index >= 15 is 0 Å². The average molecular weight is 283 g/mol. The quantitative estimate of drug-likeness (QED) is 0.836. The molecule has 3 nitrogen and oxygen atoms in total. The SMILES string of the molecule is CSC1=NN(C)C(c2ccccc2)N1c1ccccc1. The van der Waals surface area contributed by atoms with Crippen molar-refractivity contribution in [3.8, 4) is 0 Å². The van der Waals surface area contributed by atoms with Crippen LogP contribution in [0.25, 0.3) is 0 Å². The molecule has 0 N–H and O–H groups in total. The summed E-state index contributed by atoms with van der Waals surface area (Å²) in [5.74, 6) is 0. The Labute approximate surface area is 123 Å². The van der Waals surface area contributed by atoms with Crippen LogP contribution < -0.4 is 4.90 Å². The molecule has 0 spiro atoms. The summed E-state index contributed by atoms with van der Waals surface area (Å²) in [5.41, 5.74) is 2.41. The molecule has 1 aliphatic heterocycles. The molecule has 4 heteroatoms. The van der Waals surface area contributed by atoms with Gasteiger partial charge < -0.3 is 0 Å².